The Morgan fingerprint density at radius 1 is 0.765 bits per heavy atom. The SMILES string of the molecule is CC1OC(OCC2OC(OC3=C(c4ccc(O)c(O)c4)[OH+]C4C=C(O)C=C(O)C4=C3)C(OC3OCC(O)C(O)C3O)C(O)C2O)C(O)C(O)C1O. The van der Waals surface area contributed by atoms with E-state index in [0.29, 0.717) is 0 Å². The molecule has 1 aromatic rings. The molecule has 0 saturated carbocycles. The lowest BCUT2D eigenvalue weighted by Gasteiger charge is -2.45. The molecule has 0 radical (unpaired) electrons. The molecule has 51 heavy (non-hydrogen) atoms. The van der Waals surface area contributed by atoms with Crippen molar-refractivity contribution < 1.29 is 94.4 Å². The molecule has 3 saturated heterocycles. The summed E-state index contributed by atoms with van der Waals surface area (Å²) in [6.45, 7) is 0.353. The summed E-state index contributed by atoms with van der Waals surface area (Å²) in [4.78, 5) is 0. The third-order valence-electron chi connectivity index (χ3n) is 9.13. The van der Waals surface area contributed by atoms with Crippen LogP contribution in [0.5, 0.6) is 11.5 Å². The van der Waals surface area contributed by atoms with Crippen LogP contribution in [0.2, 0.25) is 0 Å². The summed E-state index contributed by atoms with van der Waals surface area (Å²) in [6.07, 6.45) is -19.9. The van der Waals surface area contributed by atoms with E-state index in [1.165, 1.54) is 31.2 Å². The molecule has 15 unspecified atom stereocenters. The van der Waals surface area contributed by atoms with Gasteiger partial charge in [-0.1, -0.05) is 0 Å². The fourth-order valence-corrected chi connectivity index (χ4v) is 6.13. The summed E-state index contributed by atoms with van der Waals surface area (Å²) in [5.41, 5.74) is 0.317. The molecular weight excluding hydrogens is 688 g/mol. The van der Waals surface area contributed by atoms with Crippen molar-refractivity contribution in [3.05, 3.63) is 64.8 Å². The van der Waals surface area contributed by atoms with Crippen molar-refractivity contribution in [1.82, 2.24) is 0 Å². The largest absolute Gasteiger partial charge is 0.571 e. The first kappa shape index (κ1) is 37.2. The van der Waals surface area contributed by atoms with Gasteiger partial charge < -0.3 is 94.4 Å². The number of hydrogen-bond acceptors (Lipinski definition) is 18. The Balaban J connectivity index is 1.33. The molecular formula is C32H41O19+. The Labute approximate surface area is 288 Å². The quantitative estimate of drug-likeness (QED) is 0.0918. The topological polar surface area (TPSA) is 311 Å². The van der Waals surface area contributed by atoms with Gasteiger partial charge in [-0.2, -0.15) is 0 Å². The molecule has 13 N–H and O–H groups in total. The number of phenols is 2. The van der Waals surface area contributed by atoms with Crippen LogP contribution in [0.4, 0.5) is 0 Å². The van der Waals surface area contributed by atoms with E-state index < -0.39 is 117 Å². The number of fused-ring (bicyclic) bond motifs is 1. The zero-order valence-electron chi connectivity index (χ0n) is 26.8. The van der Waals surface area contributed by atoms with Crippen LogP contribution >= 0.6 is 0 Å². The van der Waals surface area contributed by atoms with Gasteiger partial charge in [0.15, 0.2) is 30.2 Å². The number of allylic oxidation sites excluding steroid dienone is 2. The van der Waals surface area contributed by atoms with Crippen molar-refractivity contribution in [3.8, 4) is 11.5 Å². The molecule has 4 heterocycles. The number of aliphatic hydroxyl groups excluding tert-OH is 10. The van der Waals surface area contributed by atoms with E-state index in [4.69, 9.17) is 28.4 Å². The van der Waals surface area contributed by atoms with Crippen LogP contribution in [0.15, 0.2) is 59.3 Å². The van der Waals surface area contributed by atoms with E-state index in [0.717, 1.165) is 12.1 Å². The van der Waals surface area contributed by atoms with Crippen molar-refractivity contribution in [2.24, 2.45) is 0 Å². The second-order valence-corrected chi connectivity index (χ2v) is 12.7. The minimum absolute atomic E-state index is 0.0127. The molecule has 15 atom stereocenters. The number of ether oxygens (including phenoxy) is 7. The smallest absolute Gasteiger partial charge is 0.305 e. The Morgan fingerprint density at radius 3 is 2.22 bits per heavy atom. The van der Waals surface area contributed by atoms with Crippen LogP contribution in [0, 0.1) is 0 Å². The molecule has 5 aliphatic rings. The van der Waals surface area contributed by atoms with Gasteiger partial charge in [0.1, 0.15) is 66.5 Å². The zero-order valence-corrected chi connectivity index (χ0v) is 26.8. The van der Waals surface area contributed by atoms with Crippen molar-refractivity contribution in [2.45, 2.75) is 99.0 Å². The number of phenolic OH excluding ortho intramolecular Hbond substituents is 2. The standard InChI is InChI=1S/C32H40O19/c1-10-21(38)24(41)27(44)30(47-10)46-9-20-23(40)25(42)29(51-31-26(43)22(39)17(37)8-45-31)32(50-20)49-19-7-13-15(35)5-12(33)6-18(13)48-28(19)11-2-3-14(34)16(36)4-11/h2-7,10,17-18,20-27,29-44H,8-9H2,1H3/p+1. The fourth-order valence-electron chi connectivity index (χ4n) is 6.13. The lowest BCUT2D eigenvalue weighted by atomic mass is 9.96. The monoisotopic (exact) mass is 729 g/mol. The average Bonchev–Trinajstić information content (AvgIpc) is 3.09. The number of rotatable bonds is 8. The van der Waals surface area contributed by atoms with Gasteiger partial charge in [-0.05, 0) is 19.1 Å². The molecule has 1 aromatic carbocycles. The maximum Gasteiger partial charge on any atom is 0.305 e. The third-order valence-corrected chi connectivity index (χ3v) is 9.13. The Morgan fingerprint density at radius 2 is 1.49 bits per heavy atom. The molecule has 4 aliphatic heterocycles. The van der Waals surface area contributed by atoms with Gasteiger partial charge in [0.05, 0.1) is 36.5 Å². The van der Waals surface area contributed by atoms with Gasteiger partial charge in [-0.25, -0.2) is 0 Å². The summed E-state index contributed by atoms with van der Waals surface area (Å²) in [6, 6.07) is 3.71. The predicted octanol–water partition coefficient (Wildman–Crippen LogP) is -3.37. The zero-order chi connectivity index (χ0) is 36.9. The summed E-state index contributed by atoms with van der Waals surface area (Å²) in [5, 5.41) is 125. The Bertz CT molecular complexity index is 1560. The Kier molecular flexibility index (Phi) is 10.8. The molecule has 0 bridgehead atoms. The summed E-state index contributed by atoms with van der Waals surface area (Å²) in [7, 11) is 0. The molecule has 1 aliphatic carbocycles. The van der Waals surface area contributed by atoms with Crippen LogP contribution in [-0.2, 0) is 28.4 Å². The first-order valence-electron chi connectivity index (χ1n) is 16.0. The third kappa shape index (κ3) is 7.39. The van der Waals surface area contributed by atoms with Crippen molar-refractivity contribution >= 4 is 5.76 Å². The minimum Gasteiger partial charge on any atom is -0.571 e. The predicted molar refractivity (Wildman–Crippen MR) is 165 cm³/mol. The lowest BCUT2D eigenvalue weighted by Crippen LogP contribution is -2.63. The van der Waals surface area contributed by atoms with Crippen LogP contribution in [0.1, 0.15) is 12.5 Å². The molecule has 0 amide bonds. The summed E-state index contributed by atoms with van der Waals surface area (Å²) < 4.78 is 38.9. The van der Waals surface area contributed by atoms with Gasteiger partial charge in [-0.15, -0.1) is 0 Å². The minimum atomic E-state index is -1.91. The van der Waals surface area contributed by atoms with Crippen molar-refractivity contribution in [3.63, 3.8) is 0 Å². The van der Waals surface area contributed by atoms with E-state index in [1.807, 2.05) is 0 Å². The molecule has 19 heteroatoms. The maximum absolute atomic E-state index is 11.4. The first-order valence-corrected chi connectivity index (χ1v) is 16.0. The highest BCUT2D eigenvalue weighted by atomic mass is 16.8. The molecule has 282 valence electrons. The summed E-state index contributed by atoms with van der Waals surface area (Å²) in [5.74, 6) is -1.84. The van der Waals surface area contributed by atoms with E-state index in [-0.39, 0.29) is 34.2 Å². The summed E-state index contributed by atoms with van der Waals surface area (Å²) >= 11 is 0. The maximum atomic E-state index is 11.4. The van der Waals surface area contributed by atoms with Gasteiger partial charge in [0.25, 0.3) is 0 Å². The van der Waals surface area contributed by atoms with Gasteiger partial charge in [0, 0.05) is 18.2 Å². The van der Waals surface area contributed by atoms with Crippen LogP contribution in [0.25, 0.3) is 5.76 Å². The van der Waals surface area contributed by atoms with Gasteiger partial charge in [-0.3, -0.25) is 0 Å². The second-order valence-electron chi connectivity index (χ2n) is 12.7. The molecule has 3 fully saturated rings. The van der Waals surface area contributed by atoms with E-state index in [9.17, 15) is 61.3 Å². The van der Waals surface area contributed by atoms with Crippen LogP contribution in [0.3, 0.4) is 0 Å². The van der Waals surface area contributed by atoms with E-state index >= 15 is 0 Å². The van der Waals surface area contributed by atoms with Crippen LogP contribution < -0.4 is 0 Å². The first-order chi connectivity index (χ1) is 24.1. The van der Waals surface area contributed by atoms with E-state index in [1.54, 1.807) is 0 Å². The molecule has 19 nitrogen and oxygen atoms in total. The van der Waals surface area contributed by atoms with Crippen molar-refractivity contribution in [1.29, 1.82) is 0 Å². The van der Waals surface area contributed by atoms with Gasteiger partial charge in [0.2, 0.25) is 18.2 Å². The number of benzene rings is 1. The highest BCUT2D eigenvalue weighted by Gasteiger charge is 2.52. The average molecular weight is 730 g/mol. The fraction of sp³-hybridized carbons (Fsp3) is 0.562. The normalized spacial score (nSPS) is 41.5. The van der Waals surface area contributed by atoms with E-state index in [2.05, 4.69) is 4.74 Å². The second kappa shape index (κ2) is 14.8. The number of hydrogen-bond donors (Lipinski definition) is 12. The Hall–Kier alpha value is -3.54. The lowest BCUT2D eigenvalue weighted by molar-refractivity contribution is -0.358. The molecule has 6 rings (SSSR count). The van der Waals surface area contributed by atoms with Crippen molar-refractivity contribution in [2.75, 3.05) is 13.2 Å². The number of aliphatic hydroxyl groups is 12. The molecule has 0 aromatic heterocycles. The van der Waals surface area contributed by atoms with Crippen LogP contribution in [-0.4, -0.2) is 171 Å². The van der Waals surface area contributed by atoms with Gasteiger partial charge >= 0.3 is 5.76 Å². The highest BCUT2D eigenvalue weighted by Crippen LogP contribution is 2.39. The highest BCUT2D eigenvalue weighted by molar-refractivity contribution is 5.69. The molecule has 0 spiro atoms. The number of aromatic hydroxyl groups is 2.